The van der Waals surface area contributed by atoms with Gasteiger partial charge in [-0.05, 0) is 31.2 Å². The topological polar surface area (TPSA) is 50.9 Å². The largest absolute Gasteiger partial charge is 0.397 e. The highest BCUT2D eigenvalue weighted by atomic mass is 14.9. The van der Waals surface area contributed by atoms with Crippen LogP contribution in [-0.4, -0.2) is 4.98 Å². The number of benzene rings is 2. The quantitative estimate of drug-likeness (QED) is 0.678. The summed E-state index contributed by atoms with van der Waals surface area (Å²) in [5.41, 5.74) is 10.8. The molecule has 3 N–H and O–H groups in total. The van der Waals surface area contributed by atoms with Crippen molar-refractivity contribution in [2.75, 3.05) is 11.1 Å². The third-order valence-electron chi connectivity index (χ3n) is 3.13. The van der Waals surface area contributed by atoms with E-state index in [4.69, 9.17) is 5.73 Å². The van der Waals surface area contributed by atoms with Crippen LogP contribution in [0.5, 0.6) is 0 Å². The zero-order valence-electron chi connectivity index (χ0n) is 10.7. The Labute approximate surface area is 112 Å². The van der Waals surface area contributed by atoms with Crippen molar-refractivity contribution in [2.24, 2.45) is 0 Å². The van der Waals surface area contributed by atoms with Gasteiger partial charge in [0.2, 0.25) is 0 Å². The maximum Gasteiger partial charge on any atom is 0.0951 e. The van der Waals surface area contributed by atoms with Crippen LogP contribution in [0.4, 0.5) is 17.1 Å². The van der Waals surface area contributed by atoms with E-state index in [-0.39, 0.29) is 0 Å². The fourth-order valence-electron chi connectivity index (χ4n) is 2.10. The Morgan fingerprint density at radius 1 is 1.00 bits per heavy atom. The normalized spacial score (nSPS) is 10.6. The second-order valence-electron chi connectivity index (χ2n) is 4.59. The molecule has 0 bridgehead atoms. The van der Waals surface area contributed by atoms with E-state index in [9.17, 15) is 0 Å². The van der Waals surface area contributed by atoms with E-state index in [0.717, 1.165) is 22.3 Å². The lowest BCUT2D eigenvalue weighted by Gasteiger charge is -2.10. The van der Waals surface area contributed by atoms with Crippen LogP contribution in [0.15, 0.2) is 54.7 Å². The van der Waals surface area contributed by atoms with Crippen molar-refractivity contribution < 1.29 is 0 Å². The third-order valence-corrected chi connectivity index (χ3v) is 3.13. The predicted molar refractivity (Wildman–Crippen MR) is 80.6 cm³/mol. The van der Waals surface area contributed by atoms with Crippen LogP contribution < -0.4 is 11.1 Å². The van der Waals surface area contributed by atoms with Gasteiger partial charge in [0.05, 0.1) is 11.2 Å². The molecular formula is C16H15N3. The van der Waals surface area contributed by atoms with Crippen molar-refractivity contribution in [1.29, 1.82) is 0 Å². The molecule has 0 saturated heterocycles. The van der Waals surface area contributed by atoms with E-state index in [2.05, 4.69) is 41.5 Å². The monoisotopic (exact) mass is 249 g/mol. The number of aromatic nitrogens is 1. The molecule has 3 rings (SSSR count). The van der Waals surface area contributed by atoms with Crippen LogP contribution in [0.25, 0.3) is 10.9 Å². The highest BCUT2D eigenvalue weighted by Gasteiger charge is 2.04. The van der Waals surface area contributed by atoms with Gasteiger partial charge in [0.25, 0.3) is 0 Å². The molecule has 0 radical (unpaired) electrons. The highest BCUT2D eigenvalue weighted by Crippen LogP contribution is 2.27. The summed E-state index contributed by atoms with van der Waals surface area (Å²) in [6.07, 6.45) is 1.77. The molecule has 3 heteroatoms. The van der Waals surface area contributed by atoms with E-state index in [1.54, 1.807) is 6.20 Å². The molecule has 0 aliphatic carbocycles. The first-order valence-electron chi connectivity index (χ1n) is 6.21. The fraction of sp³-hybridized carbons (Fsp3) is 0.0625. The molecule has 0 atom stereocenters. The van der Waals surface area contributed by atoms with Gasteiger partial charge in [-0.15, -0.1) is 0 Å². The standard InChI is InChI=1S/C16H15N3/c1-11-5-7-12(8-6-11)19-15-9-10-18-16-13(15)3-2-4-14(16)17/h2-10H,17H2,1H3,(H,18,19). The summed E-state index contributed by atoms with van der Waals surface area (Å²) < 4.78 is 0. The van der Waals surface area contributed by atoms with Gasteiger partial charge in [-0.1, -0.05) is 29.8 Å². The van der Waals surface area contributed by atoms with Gasteiger partial charge in [-0.3, -0.25) is 4.98 Å². The minimum atomic E-state index is 0.699. The first kappa shape index (κ1) is 11.5. The molecule has 3 aromatic rings. The van der Waals surface area contributed by atoms with Crippen LogP contribution in [0.3, 0.4) is 0 Å². The van der Waals surface area contributed by atoms with E-state index < -0.39 is 0 Å². The van der Waals surface area contributed by atoms with Crippen molar-refractivity contribution >= 4 is 28.0 Å². The lowest BCUT2D eigenvalue weighted by molar-refractivity contribution is 1.40. The Morgan fingerprint density at radius 2 is 1.79 bits per heavy atom. The molecule has 1 aromatic heterocycles. The minimum absolute atomic E-state index is 0.699. The first-order chi connectivity index (χ1) is 9.24. The molecule has 94 valence electrons. The Balaban J connectivity index is 2.06. The van der Waals surface area contributed by atoms with Gasteiger partial charge in [-0.25, -0.2) is 0 Å². The molecule has 2 aromatic carbocycles. The Kier molecular flexibility index (Phi) is 2.80. The number of nitrogen functional groups attached to an aromatic ring is 1. The zero-order valence-corrected chi connectivity index (χ0v) is 10.7. The predicted octanol–water partition coefficient (Wildman–Crippen LogP) is 3.87. The van der Waals surface area contributed by atoms with E-state index in [1.165, 1.54) is 5.56 Å². The summed E-state index contributed by atoms with van der Waals surface area (Å²) >= 11 is 0. The molecule has 0 amide bonds. The summed E-state index contributed by atoms with van der Waals surface area (Å²) in [7, 11) is 0. The molecule has 3 nitrogen and oxygen atoms in total. The van der Waals surface area contributed by atoms with Crippen molar-refractivity contribution in [2.45, 2.75) is 6.92 Å². The highest BCUT2D eigenvalue weighted by molar-refractivity contribution is 5.98. The summed E-state index contributed by atoms with van der Waals surface area (Å²) in [6, 6.07) is 16.1. The van der Waals surface area contributed by atoms with E-state index >= 15 is 0 Å². The summed E-state index contributed by atoms with van der Waals surface area (Å²) in [5, 5.41) is 4.44. The van der Waals surface area contributed by atoms with Crippen molar-refractivity contribution in [1.82, 2.24) is 4.98 Å². The van der Waals surface area contributed by atoms with E-state index in [1.807, 2.05) is 24.3 Å². The number of nitrogens with one attached hydrogen (secondary N) is 1. The minimum Gasteiger partial charge on any atom is -0.397 e. The van der Waals surface area contributed by atoms with Crippen LogP contribution >= 0.6 is 0 Å². The van der Waals surface area contributed by atoms with Gasteiger partial charge in [-0.2, -0.15) is 0 Å². The maximum atomic E-state index is 5.95. The molecule has 1 heterocycles. The van der Waals surface area contributed by atoms with Crippen LogP contribution in [0, 0.1) is 6.92 Å². The molecule has 0 aliphatic heterocycles. The molecule has 0 aliphatic rings. The van der Waals surface area contributed by atoms with Gasteiger partial charge in [0.15, 0.2) is 0 Å². The number of hydrogen-bond acceptors (Lipinski definition) is 3. The summed E-state index contributed by atoms with van der Waals surface area (Å²) in [4.78, 5) is 4.33. The van der Waals surface area contributed by atoms with Gasteiger partial charge in [0.1, 0.15) is 0 Å². The SMILES string of the molecule is Cc1ccc(Nc2ccnc3c(N)cccc23)cc1. The molecule has 0 saturated carbocycles. The van der Waals surface area contributed by atoms with E-state index in [0.29, 0.717) is 5.69 Å². The van der Waals surface area contributed by atoms with Gasteiger partial charge >= 0.3 is 0 Å². The second kappa shape index (κ2) is 4.61. The maximum absolute atomic E-state index is 5.95. The third kappa shape index (κ3) is 2.22. The lowest BCUT2D eigenvalue weighted by atomic mass is 10.1. The molecule has 0 fully saturated rings. The zero-order chi connectivity index (χ0) is 13.2. The number of hydrogen-bond donors (Lipinski definition) is 2. The average Bonchev–Trinajstić information content (AvgIpc) is 2.43. The number of pyridine rings is 1. The van der Waals surface area contributed by atoms with Crippen molar-refractivity contribution in [3.05, 3.63) is 60.3 Å². The van der Waals surface area contributed by atoms with Crippen LogP contribution in [-0.2, 0) is 0 Å². The molecule has 0 unspecified atom stereocenters. The number of aryl methyl sites for hydroxylation is 1. The average molecular weight is 249 g/mol. The van der Waals surface area contributed by atoms with Gasteiger partial charge in [0, 0.05) is 23.0 Å². The van der Waals surface area contributed by atoms with Crippen molar-refractivity contribution in [3.63, 3.8) is 0 Å². The smallest absolute Gasteiger partial charge is 0.0951 e. The molecule has 19 heavy (non-hydrogen) atoms. The molecule has 0 spiro atoms. The number of rotatable bonds is 2. The summed E-state index contributed by atoms with van der Waals surface area (Å²) in [5.74, 6) is 0. The Morgan fingerprint density at radius 3 is 2.58 bits per heavy atom. The Bertz CT molecular complexity index is 718. The summed E-state index contributed by atoms with van der Waals surface area (Å²) in [6.45, 7) is 2.08. The number of nitrogens with two attached hydrogens (primary N) is 1. The van der Waals surface area contributed by atoms with Crippen LogP contribution in [0.1, 0.15) is 5.56 Å². The molecular weight excluding hydrogens is 234 g/mol. The van der Waals surface area contributed by atoms with Gasteiger partial charge < -0.3 is 11.1 Å². The van der Waals surface area contributed by atoms with Crippen LogP contribution in [0.2, 0.25) is 0 Å². The number of para-hydroxylation sites is 1. The fourth-order valence-corrected chi connectivity index (χ4v) is 2.10. The Hall–Kier alpha value is -2.55. The number of anilines is 3. The second-order valence-corrected chi connectivity index (χ2v) is 4.59. The first-order valence-corrected chi connectivity index (χ1v) is 6.21. The van der Waals surface area contributed by atoms with Crippen molar-refractivity contribution in [3.8, 4) is 0 Å². The number of fused-ring (bicyclic) bond motifs is 1. The lowest BCUT2D eigenvalue weighted by Crippen LogP contribution is -1.95. The number of nitrogens with zero attached hydrogens (tertiary/aromatic N) is 1.